The van der Waals surface area contributed by atoms with Crippen LogP contribution in [0.15, 0.2) is 40.4 Å². The quantitative estimate of drug-likeness (QED) is 0.667. The van der Waals surface area contributed by atoms with Crippen molar-refractivity contribution in [2.45, 2.75) is 6.92 Å². The second-order valence-electron chi connectivity index (χ2n) is 5.62. The molecule has 0 saturated carbocycles. The summed E-state index contributed by atoms with van der Waals surface area (Å²) in [6.45, 7) is 2.63. The monoisotopic (exact) mass is 418 g/mol. The van der Waals surface area contributed by atoms with Gasteiger partial charge in [-0.3, -0.25) is 4.79 Å². The third-order valence-corrected chi connectivity index (χ3v) is 4.57. The minimum absolute atomic E-state index is 0.0740. The lowest BCUT2D eigenvalue weighted by Crippen LogP contribution is -2.19. The van der Waals surface area contributed by atoms with E-state index in [-0.39, 0.29) is 12.4 Å². The zero-order valence-corrected chi connectivity index (χ0v) is 16.4. The predicted molar refractivity (Wildman–Crippen MR) is 103 cm³/mol. The lowest BCUT2D eigenvalue weighted by molar-refractivity contribution is 0.100. The molecule has 0 fully saturated rings. The molecule has 2 aromatic carbocycles. The fraction of sp³-hybridized carbons (Fsp3) is 0.250. The van der Waals surface area contributed by atoms with Gasteiger partial charge in [0.05, 0.1) is 30.9 Å². The maximum atomic E-state index is 12.8. The lowest BCUT2D eigenvalue weighted by atomic mass is 9.98. The first kappa shape index (κ1) is 18.3. The molecular weight excluding hydrogens is 400 g/mol. The minimum Gasteiger partial charge on any atom is -0.497 e. The molecule has 1 heterocycles. The van der Waals surface area contributed by atoms with E-state index in [1.54, 1.807) is 38.5 Å². The summed E-state index contributed by atoms with van der Waals surface area (Å²) in [5, 5.41) is 0. The van der Waals surface area contributed by atoms with Gasteiger partial charge in [-0.05, 0) is 64.8 Å². The fourth-order valence-electron chi connectivity index (χ4n) is 2.77. The highest BCUT2D eigenvalue weighted by Gasteiger charge is 2.24. The van der Waals surface area contributed by atoms with E-state index in [2.05, 4.69) is 15.9 Å². The molecule has 0 spiro atoms. The topological polar surface area (TPSA) is 54.0 Å². The van der Waals surface area contributed by atoms with Gasteiger partial charge in [-0.15, -0.1) is 0 Å². The van der Waals surface area contributed by atoms with E-state index in [1.165, 1.54) is 0 Å². The van der Waals surface area contributed by atoms with E-state index in [4.69, 9.17) is 18.9 Å². The molecule has 0 aliphatic carbocycles. The molecule has 2 aromatic rings. The van der Waals surface area contributed by atoms with E-state index in [9.17, 15) is 4.79 Å². The zero-order valence-electron chi connectivity index (χ0n) is 14.8. The van der Waals surface area contributed by atoms with Crippen molar-refractivity contribution in [1.82, 2.24) is 0 Å². The average Bonchev–Trinajstić information content (AvgIpc) is 2.64. The first-order chi connectivity index (χ1) is 12.6. The number of rotatable bonds is 5. The standard InChI is InChI=1S/C20H19BrO5/c1-4-25-18-9-12(8-16(21)20(18)24-3)7-13-11-26-17-6-5-14(23-2)10-15(17)19(13)22/h5-10H,4,11H2,1-3H3/b13-7+. The summed E-state index contributed by atoms with van der Waals surface area (Å²) >= 11 is 3.49. The highest BCUT2D eigenvalue weighted by Crippen LogP contribution is 2.38. The van der Waals surface area contributed by atoms with Crippen LogP contribution in [-0.4, -0.2) is 33.2 Å². The molecule has 0 unspecified atom stereocenters. The van der Waals surface area contributed by atoms with Gasteiger partial charge in [0.15, 0.2) is 17.3 Å². The van der Waals surface area contributed by atoms with Crippen LogP contribution >= 0.6 is 15.9 Å². The maximum Gasteiger partial charge on any atom is 0.196 e. The first-order valence-electron chi connectivity index (χ1n) is 8.13. The van der Waals surface area contributed by atoms with Crippen LogP contribution in [0.25, 0.3) is 6.08 Å². The maximum absolute atomic E-state index is 12.8. The zero-order chi connectivity index (χ0) is 18.7. The molecule has 5 nitrogen and oxygen atoms in total. The van der Waals surface area contributed by atoms with Gasteiger partial charge < -0.3 is 18.9 Å². The largest absolute Gasteiger partial charge is 0.497 e. The summed E-state index contributed by atoms with van der Waals surface area (Å²) < 4.78 is 22.7. The van der Waals surface area contributed by atoms with Gasteiger partial charge in [-0.1, -0.05) is 0 Å². The number of hydrogen-bond donors (Lipinski definition) is 0. The minimum atomic E-state index is -0.0740. The van der Waals surface area contributed by atoms with E-state index in [0.717, 1.165) is 10.0 Å². The number of hydrogen-bond acceptors (Lipinski definition) is 5. The summed E-state index contributed by atoms with van der Waals surface area (Å²) in [6.07, 6.45) is 1.80. The average molecular weight is 419 g/mol. The molecule has 3 rings (SSSR count). The number of carbonyl (C=O) groups excluding carboxylic acids is 1. The summed E-state index contributed by atoms with van der Waals surface area (Å²) in [5.41, 5.74) is 1.88. The third kappa shape index (κ3) is 3.55. The number of benzene rings is 2. The molecule has 1 aliphatic rings. The number of carbonyl (C=O) groups is 1. The van der Waals surface area contributed by atoms with Crippen LogP contribution in [0.2, 0.25) is 0 Å². The molecule has 136 valence electrons. The number of ketones is 1. The number of methoxy groups -OCH3 is 2. The van der Waals surface area contributed by atoms with E-state index >= 15 is 0 Å². The SMILES string of the molecule is CCOc1cc(/C=C2\COc3ccc(OC)cc3C2=O)cc(Br)c1OC. The Morgan fingerprint density at radius 3 is 2.69 bits per heavy atom. The highest BCUT2D eigenvalue weighted by atomic mass is 79.9. The van der Waals surface area contributed by atoms with Gasteiger partial charge >= 0.3 is 0 Å². The van der Waals surface area contributed by atoms with Crippen molar-refractivity contribution in [2.24, 2.45) is 0 Å². The molecule has 1 aliphatic heterocycles. The van der Waals surface area contributed by atoms with Crippen LogP contribution in [0.5, 0.6) is 23.0 Å². The number of halogens is 1. The fourth-order valence-corrected chi connectivity index (χ4v) is 3.40. The normalized spacial score (nSPS) is 14.6. The van der Waals surface area contributed by atoms with Crippen molar-refractivity contribution in [1.29, 1.82) is 0 Å². The van der Waals surface area contributed by atoms with Crippen LogP contribution in [0.1, 0.15) is 22.8 Å². The van der Waals surface area contributed by atoms with Crippen molar-refractivity contribution < 1.29 is 23.7 Å². The molecule has 26 heavy (non-hydrogen) atoms. The van der Waals surface area contributed by atoms with Crippen LogP contribution in [0.3, 0.4) is 0 Å². The van der Waals surface area contributed by atoms with Crippen LogP contribution in [-0.2, 0) is 0 Å². The van der Waals surface area contributed by atoms with Crippen molar-refractivity contribution in [3.8, 4) is 23.0 Å². The third-order valence-electron chi connectivity index (χ3n) is 3.98. The van der Waals surface area contributed by atoms with Gasteiger partial charge in [0.1, 0.15) is 18.1 Å². The lowest BCUT2D eigenvalue weighted by Gasteiger charge is -2.19. The molecule has 0 bridgehead atoms. The summed E-state index contributed by atoms with van der Waals surface area (Å²) in [5.74, 6) is 2.35. The Balaban J connectivity index is 1.99. The number of Topliss-reactive ketones (excluding diaryl/α,β-unsaturated/α-hetero) is 1. The van der Waals surface area contributed by atoms with E-state index in [0.29, 0.717) is 40.7 Å². The number of ether oxygens (including phenoxy) is 4. The molecule has 6 heteroatoms. The van der Waals surface area contributed by atoms with E-state index in [1.807, 2.05) is 19.1 Å². The summed E-state index contributed by atoms with van der Waals surface area (Å²) in [7, 11) is 3.15. The summed E-state index contributed by atoms with van der Waals surface area (Å²) in [4.78, 5) is 12.8. The van der Waals surface area contributed by atoms with Crippen LogP contribution < -0.4 is 18.9 Å². The van der Waals surface area contributed by atoms with Gasteiger partial charge in [-0.25, -0.2) is 0 Å². The second kappa shape index (κ2) is 7.83. The van der Waals surface area contributed by atoms with Gasteiger partial charge in [0.25, 0.3) is 0 Å². The molecule has 0 N–H and O–H groups in total. The molecule has 0 atom stereocenters. The summed E-state index contributed by atoms with van der Waals surface area (Å²) in [6, 6.07) is 8.94. The molecule has 0 radical (unpaired) electrons. The Hall–Kier alpha value is -2.47. The van der Waals surface area contributed by atoms with Crippen LogP contribution in [0.4, 0.5) is 0 Å². The smallest absolute Gasteiger partial charge is 0.196 e. The van der Waals surface area contributed by atoms with Crippen molar-refractivity contribution in [3.05, 3.63) is 51.5 Å². The Morgan fingerprint density at radius 2 is 2.00 bits per heavy atom. The molecular formula is C20H19BrO5. The second-order valence-corrected chi connectivity index (χ2v) is 6.47. The van der Waals surface area contributed by atoms with E-state index < -0.39 is 0 Å². The van der Waals surface area contributed by atoms with Crippen molar-refractivity contribution in [2.75, 3.05) is 27.4 Å². The first-order valence-corrected chi connectivity index (χ1v) is 8.93. The van der Waals surface area contributed by atoms with Gasteiger partial charge in [-0.2, -0.15) is 0 Å². The Morgan fingerprint density at radius 1 is 1.19 bits per heavy atom. The predicted octanol–water partition coefficient (Wildman–Crippen LogP) is 4.52. The van der Waals surface area contributed by atoms with Gasteiger partial charge in [0.2, 0.25) is 0 Å². The highest BCUT2D eigenvalue weighted by molar-refractivity contribution is 9.10. The number of fused-ring (bicyclic) bond motifs is 1. The van der Waals surface area contributed by atoms with Crippen LogP contribution in [0, 0.1) is 0 Å². The van der Waals surface area contributed by atoms with Crippen molar-refractivity contribution in [3.63, 3.8) is 0 Å². The molecule has 0 aromatic heterocycles. The Kier molecular flexibility index (Phi) is 5.52. The molecule has 0 amide bonds. The molecule has 0 saturated heterocycles. The Labute approximate surface area is 160 Å². The van der Waals surface area contributed by atoms with Gasteiger partial charge in [0, 0.05) is 5.57 Å². The van der Waals surface area contributed by atoms with Crippen molar-refractivity contribution >= 4 is 27.8 Å². The Bertz CT molecular complexity index is 873.